The second-order valence-electron chi connectivity index (χ2n) is 3.39. The Morgan fingerprint density at radius 2 is 2.25 bits per heavy atom. The van der Waals surface area contributed by atoms with Crippen LogP contribution in [0, 0.1) is 0 Å². The molecule has 2 N–H and O–H groups in total. The summed E-state index contributed by atoms with van der Waals surface area (Å²) in [5.41, 5.74) is 7.09. The SMILES string of the molecule is NC(c1cccs1)c1nc2cnccc2s1. The third-order valence-electron chi connectivity index (χ3n) is 2.32. The van der Waals surface area contributed by atoms with Crippen LogP contribution in [0.25, 0.3) is 10.2 Å². The number of hydrogen-bond donors (Lipinski definition) is 1. The maximum atomic E-state index is 6.16. The molecule has 0 fully saturated rings. The lowest BCUT2D eigenvalue weighted by Crippen LogP contribution is -2.09. The first-order valence-electron chi connectivity index (χ1n) is 4.84. The molecule has 0 aliphatic rings. The number of aromatic nitrogens is 2. The Hall–Kier alpha value is -1.30. The normalized spacial score (nSPS) is 13.1. The zero-order valence-electron chi connectivity index (χ0n) is 8.33. The van der Waals surface area contributed by atoms with E-state index < -0.39 is 0 Å². The lowest BCUT2D eigenvalue weighted by molar-refractivity contribution is 0.882. The van der Waals surface area contributed by atoms with Gasteiger partial charge in [-0.2, -0.15) is 0 Å². The van der Waals surface area contributed by atoms with Gasteiger partial charge in [-0.3, -0.25) is 4.98 Å². The van der Waals surface area contributed by atoms with Gasteiger partial charge in [-0.25, -0.2) is 4.98 Å². The number of fused-ring (bicyclic) bond motifs is 1. The molecule has 0 saturated heterocycles. The van der Waals surface area contributed by atoms with Crippen molar-refractivity contribution in [2.75, 3.05) is 0 Å². The number of nitrogens with two attached hydrogens (primary N) is 1. The van der Waals surface area contributed by atoms with E-state index in [1.54, 1.807) is 35.1 Å². The molecule has 3 rings (SSSR count). The molecule has 1 atom stereocenters. The molecule has 16 heavy (non-hydrogen) atoms. The van der Waals surface area contributed by atoms with Crippen LogP contribution in [0.4, 0.5) is 0 Å². The molecule has 5 heteroatoms. The van der Waals surface area contributed by atoms with Gasteiger partial charge in [0.25, 0.3) is 0 Å². The van der Waals surface area contributed by atoms with Crippen LogP contribution in [-0.4, -0.2) is 9.97 Å². The Bertz CT molecular complexity index is 568. The fourth-order valence-electron chi connectivity index (χ4n) is 1.52. The summed E-state index contributed by atoms with van der Waals surface area (Å²) in [4.78, 5) is 9.71. The van der Waals surface area contributed by atoms with Crippen molar-refractivity contribution in [2.24, 2.45) is 5.73 Å². The van der Waals surface area contributed by atoms with Gasteiger partial charge < -0.3 is 5.73 Å². The van der Waals surface area contributed by atoms with Crippen molar-refractivity contribution in [3.8, 4) is 0 Å². The van der Waals surface area contributed by atoms with Gasteiger partial charge in [0, 0.05) is 11.1 Å². The number of rotatable bonds is 2. The van der Waals surface area contributed by atoms with E-state index in [9.17, 15) is 0 Å². The Balaban J connectivity index is 2.06. The topological polar surface area (TPSA) is 51.8 Å². The molecule has 3 aromatic rings. The van der Waals surface area contributed by atoms with E-state index in [2.05, 4.69) is 9.97 Å². The quantitative estimate of drug-likeness (QED) is 0.757. The van der Waals surface area contributed by atoms with Crippen molar-refractivity contribution in [3.05, 3.63) is 45.9 Å². The average molecular weight is 247 g/mol. The molecule has 0 saturated carbocycles. The highest BCUT2D eigenvalue weighted by Gasteiger charge is 2.14. The monoisotopic (exact) mass is 247 g/mol. The highest BCUT2D eigenvalue weighted by molar-refractivity contribution is 7.18. The summed E-state index contributed by atoms with van der Waals surface area (Å²) in [7, 11) is 0. The number of thiazole rings is 1. The number of nitrogens with zero attached hydrogens (tertiary/aromatic N) is 2. The second-order valence-corrected chi connectivity index (χ2v) is 5.43. The molecular formula is C11H9N3S2. The van der Waals surface area contributed by atoms with Gasteiger partial charge in [-0.05, 0) is 17.5 Å². The van der Waals surface area contributed by atoms with Gasteiger partial charge >= 0.3 is 0 Å². The Morgan fingerprint density at radius 1 is 1.31 bits per heavy atom. The Morgan fingerprint density at radius 3 is 3.00 bits per heavy atom. The van der Waals surface area contributed by atoms with E-state index in [0.29, 0.717) is 0 Å². The van der Waals surface area contributed by atoms with Gasteiger partial charge in [-0.1, -0.05) is 6.07 Å². The van der Waals surface area contributed by atoms with Crippen LogP contribution in [0.5, 0.6) is 0 Å². The fraction of sp³-hybridized carbons (Fsp3) is 0.0909. The summed E-state index contributed by atoms with van der Waals surface area (Å²) in [5.74, 6) is 0. The van der Waals surface area contributed by atoms with Gasteiger partial charge in [0.2, 0.25) is 0 Å². The van der Waals surface area contributed by atoms with Crippen molar-refractivity contribution >= 4 is 32.9 Å². The van der Waals surface area contributed by atoms with Gasteiger partial charge in [0.1, 0.15) is 5.01 Å². The van der Waals surface area contributed by atoms with Crippen LogP contribution in [-0.2, 0) is 0 Å². The molecule has 0 bridgehead atoms. The first kappa shape index (κ1) is 9.89. The molecule has 3 heterocycles. The van der Waals surface area contributed by atoms with E-state index in [1.165, 1.54) is 0 Å². The average Bonchev–Trinajstić information content (AvgIpc) is 2.97. The molecule has 3 aromatic heterocycles. The molecule has 0 aliphatic heterocycles. The number of thiophene rings is 1. The largest absolute Gasteiger partial charge is 0.318 e. The maximum absolute atomic E-state index is 6.16. The van der Waals surface area contributed by atoms with Crippen LogP contribution in [0.1, 0.15) is 15.9 Å². The van der Waals surface area contributed by atoms with Crippen molar-refractivity contribution < 1.29 is 0 Å². The smallest absolute Gasteiger partial charge is 0.116 e. The number of hydrogen-bond acceptors (Lipinski definition) is 5. The Labute approximate surface area is 101 Å². The molecule has 1 unspecified atom stereocenters. The van der Waals surface area contributed by atoms with Crippen LogP contribution in [0.2, 0.25) is 0 Å². The molecule has 0 aromatic carbocycles. The molecular weight excluding hydrogens is 238 g/mol. The third kappa shape index (κ3) is 1.63. The molecule has 0 spiro atoms. The molecule has 0 radical (unpaired) electrons. The first-order chi connectivity index (χ1) is 7.84. The summed E-state index contributed by atoms with van der Waals surface area (Å²) >= 11 is 3.30. The third-order valence-corrected chi connectivity index (χ3v) is 4.40. The molecule has 0 aliphatic carbocycles. The molecule has 80 valence electrons. The second kappa shape index (κ2) is 3.93. The van der Waals surface area contributed by atoms with Crippen molar-refractivity contribution in [1.82, 2.24) is 9.97 Å². The minimum Gasteiger partial charge on any atom is -0.318 e. The summed E-state index contributed by atoms with van der Waals surface area (Å²) in [6.45, 7) is 0. The van der Waals surface area contributed by atoms with Gasteiger partial charge in [-0.15, -0.1) is 22.7 Å². The lowest BCUT2D eigenvalue weighted by atomic mass is 10.3. The Kier molecular flexibility index (Phi) is 2.43. The molecule has 0 amide bonds. The fourth-order valence-corrected chi connectivity index (χ4v) is 3.28. The van der Waals surface area contributed by atoms with Crippen LogP contribution in [0.3, 0.4) is 0 Å². The van der Waals surface area contributed by atoms with E-state index in [-0.39, 0.29) is 6.04 Å². The van der Waals surface area contributed by atoms with Crippen LogP contribution in [0.15, 0.2) is 36.0 Å². The van der Waals surface area contributed by atoms with E-state index in [4.69, 9.17) is 5.73 Å². The van der Waals surface area contributed by atoms with Gasteiger partial charge in [0.05, 0.1) is 22.5 Å². The summed E-state index contributed by atoms with van der Waals surface area (Å²) in [6.07, 6.45) is 3.55. The van der Waals surface area contributed by atoms with E-state index in [0.717, 1.165) is 20.1 Å². The minimum absolute atomic E-state index is 0.114. The van der Waals surface area contributed by atoms with E-state index in [1.807, 2.05) is 23.6 Å². The van der Waals surface area contributed by atoms with Gasteiger partial charge in [0.15, 0.2) is 0 Å². The standard InChI is InChI=1S/C11H9N3S2/c12-10(9-2-1-5-15-9)11-14-7-6-13-4-3-8(7)16-11/h1-6,10H,12H2. The van der Waals surface area contributed by atoms with Crippen LogP contribution >= 0.6 is 22.7 Å². The maximum Gasteiger partial charge on any atom is 0.116 e. The van der Waals surface area contributed by atoms with Crippen molar-refractivity contribution in [1.29, 1.82) is 0 Å². The predicted octanol–water partition coefficient (Wildman–Crippen LogP) is 2.80. The number of pyridine rings is 1. The summed E-state index contributed by atoms with van der Waals surface area (Å²) in [6, 6.07) is 5.91. The molecule has 3 nitrogen and oxygen atoms in total. The van der Waals surface area contributed by atoms with Crippen LogP contribution < -0.4 is 5.73 Å². The zero-order chi connectivity index (χ0) is 11.0. The van der Waals surface area contributed by atoms with E-state index >= 15 is 0 Å². The lowest BCUT2D eigenvalue weighted by Gasteiger charge is -2.03. The summed E-state index contributed by atoms with van der Waals surface area (Å²) < 4.78 is 1.14. The minimum atomic E-state index is -0.114. The van der Waals surface area contributed by atoms with Crippen molar-refractivity contribution in [3.63, 3.8) is 0 Å². The zero-order valence-corrected chi connectivity index (χ0v) is 9.96. The predicted molar refractivity (Wildman–Crippen MR) is 67.8 cm³/mol. The highest BCUT2D eigenvalue weighted by atomic mass is 32.1. The summed E-state index contributed by atoms with van der Waals surface area (Å²) in [5, 5.41) is 2.98. The van der Waals surface area contributed by atoms with Crippen molar-refractivity contribution in [2.45, 2.75) is 6.04 Å². The first-order valence-corrected chi connectivity index (χ1v) is 6.53. The highest BCUT2D eigenvalue weighted by Crippen LogP contribution is 2.29.